The van der Waals surface area contributed by atoms with Gasteiger partial charge in [-0.25, -0.2) is 28.1 Å². The van der Waals surface area contributed by atoms with E-state index in [1.807, 2.05) is 72.8 Å². The van der Waals surface area contributed by atoms with Gasteiger partial charge in [0.2, 0.25) is 17.7 Å². The molecule has 5 aromatic carbocycles. The lowest BCUT2D eigenvalue weighted by Crippen LogP contribution is -2.64. The number of hydrogen-bond donors (Lipinski definition) is 7. The molecule has 10 heterocycles. The van der Waals surface area contributed by atoms with Gasteiger partial charge < -0.3 is 51.2 Å². The number of aliphatic carboxylic acids is 1. The lowest BCUT2D eigenvalue weighted by molar-refractivity contribution is -0.184. The smallest absolute Gasteiger partial charge is 0.324 e. The number of Topliss-reactive ketones (excluding diaryl/α,β-unsaturated/α-hetero) is 1. The van der Waals surface area contributed by atoms with E-state index < -0.39 is 121 Å². The van der Waals surface area contributed by atoms with E-state index in [1.54, 1.807) is 82.3 Å². The third-order valence-electron chi connectivity index (χ3n) is 33.0. The maximum absolute atomic E-state index is 16.5. The number of nitrogens with two attached hydrogens (primary N) is 1. The van der Waals surface area contributed by atoms with Crippen molar-refractivity contribution in [1.29, 1.82) is 0 Å². The molecule has 134 heavy (non-hydrogen) atoms. The molecule has 3 amide bonds. The van der Waals surface area contributed by atoms with Crippen LogP contribution in [0.4, 0.5) is 30.2 Å². The Kier molecular flexibility index (Phi) is 26.4. The van der Waals surface area contributed by atoms with Crippen LogP contribution >= 0.6 is 69.6 Å². The third-order valence-corrected chi connectivity index (χ3v) is 34.5. The lowest BCUT2D eigenvalue weighted by atomic mass is 9.51. The summed E-state index contributed by atoms with van der Waals surface area (Å²) in [4.78, 5) is 99.7. The van der Waals surface area contributed by atoms with Gasteiger partial charge in [-0.05, 0) is 275 Å². The summed E-state index contributed by atoms with van der Waals surface area (Å²) in [6, 6.07) is 39.1. The number of carboxylic acids is 1. The molecule has 712 valence electrons. The minimum absolute atomic E-state index is 0.000521. The largest absolute Gasteiger partial charge is 0.481 e. The Labute approximate surface area is 810 Å². The number of rotatable bonds is 11. The van der Waals surface area contributed by atoms with Gasteiger partial charge in [-0.1, -0.05) is 190 Å². The molecular formula is C105H117Cl6F3N8O12. The van der Waals surface area contributed by atoms with Gasteiger partial charge in [0.15, 0.2) is 32.9 Å². The predicted octanol–water partition coefficient (Wildman–Crippen LogP) is 22.7. The summed E-state index contributed by atoms with van der Waals surface area (Å²) >= 11 is 37.8. The zero-order chi connectivity index (χ0) is 95.9. The Morgan fingerprint density at radius 1 is 0.478 bits per heavy atom. The van der Waals surface area contributed by atoms with Gasteiger partial charge in [0.05, 0.1) is 59.4 Å². The molecule has 29 heteroatoms. The fraction of sp³-hybridized carbons (Fsp3) is 0.514. The van der Waals surface area contributed by atoms with Crippen molar-refractivity contribution in [3.05, 3.63) is 245 Å². The Hall–Kier alpha value is -8.14. The van der Waals surface area contributed by atoms with Gasteiger partial charge in [0.25, 0.3) is 0 Å². The van der Waals surface area contributed by atoms with E-state index in [4.69, 9.17) is 89.5 Å². The first kappa shape index (κ1) is 97.5. The number of esters is 1. The van der Waals surface area contributed by atoms with Crippen molar-refractivity contribution in [3.63, 3.8) is 0 Å². The maximum Gasteiger partial charge on any atom is 0.324 e. The Bertz CT molecular complexity index is 5880. The van der Waals surface area contributed by atoms with Crippen molar-refractivity contribution in [3.8, 4) is 0 Å². The van der Waals surface area contributed by atoms with Crippen molar-refractivity contribution < 1.29 is 71.5 Å². The quantitative estimate of drug-likeness (QED) is 0.0468. The van der Waals surface area contributed by atoms with Gasteiger partial charge in [-0.2, -0.15) is 0 Å². The van der Waals surface area contributed by atoms with Crippen molar-refractivity contribution in [1.82, 2.24) is 19.9 Å². The van der Waals surface area contributed by atoms with Crippen molar-refractivity contribution >= 4 is 122 Å². The molecule has 5 saturated carbocycles. The number of anilines is 3. The summed E-state index contributed by atoms with van der Waals surface area (Å²) in [6.07, 6.45) is 16.7. The zero-order valence-electron chi connectivity index (χ0n) is 77.0. The van der Waals surface area contributed by atoms with Crippen LogP contribution < -0.4 is 21.7 Å². The van der Waals surface area contributed by atoms with E-state index in [2.05, 4.69) is 77.3 Å². The van der Waals surface area contributed by atoms with Crippen LogP contribution in [-0.4, -0.2) is 125 Å². The number of morpholine rings is 1. The molecule has 8 aromatic rings. The lowest BCUT2D eigenvalue weighted by Gasteiger charge is -2.57. The second-order valence-corrected chi connectivity index (χ2v) is 45.6. The molecule has 15 atom stereocenters. The van der Waals surface area contributed by atoms with Crippen LogP contribution in [-0.2, 0) is 59.2 Å². The number of nitrogens with zero attached hydrogens (tertiary/aromatic N) is 4. The molecule has 12 aliphatic rings. The molecule has 8 N–H and O–H groups in total. The Balaban J connectivity index is 0.000000134. The molecule has 6 spiro atoms. The summed E-state index contributed by atoms with van der Waals surface area (Å²) in [5.74, 6) is -8.73. The second-order valence-electron chi connectivity index (χ2n) is 43.2. The monoisotopic (exact) mass is 1950 g/mol. The fourth-order valence-electron chi connectivity index (χ4n) is 26.3. The number of pyridine rings is 3. The SMILES string of the molecule is CC(C)(O)[C@@H]1CC[C@@H](N)CO1.CC1(C)CCC2(CC1)C[C@@H](C(=O)C[C@@H]1CC[C@@H](C(C)(C)O)OC1)[C@H](c1ccnc(Cl)c1F)[C@]21C(=O)Nc2cc(Cl)ccc21.CC1(C)CCC2(CC1)C[C@@H](C(=O)O)[C@H](c1ccnc(Cl)c1F)C21C(=O)Nc2cc(Cl)ccc21.CC1(C)CCC2(CC1)N1[C@H](c3ccccc3)[C@H](c3ccccc3)OC(=O)[C@H]1[C@H](c1ccnc(Cl)c1F)[C@@]21C(=O)Nc2cc(Cl)ccc21. The molecule has 4 saturated heterocycles. The summed E-state index contributed by atoms with van der Waals surface area (Å²) in [6.45, 7) is 21.3. The van der Waals surface area contributed by atoms with Gasteiger partial charge in [0, 0.05) is 92.4 Å². The van der Waals surface area contributed by atoms with E-state index in [0.29, 0.717) is 95.0 Å². The molecule has 1 unspecified atom stereocenters. The van der Waals surface area contributed by atoms with Crippen LogP contribution in [0.2, 0.25) is 30.5 Å². The van der Waals surface area contributed by atoms with Crippen LogP contribution in [0.15, 0.2) is 152 Å². The first-order valence-corrected chi connectivity index (χ1v) is 49.1. The second kappa shape index (κ2) is 36.3. The molecule has 0 radical (unpaired) electrons. The molecule has 5 aliphatic carbocycles. The maximum atomic E-state index is 16.5. The number of aliphatic hydroxyl groups is 2. The highest BCUT2D eigenvalue weighted by Gasteiger charge is 2.80. The van der Waals surface area contributed by atoms with Gasteiger partial charge in [0.1, 0.15) is 23.3 Å². The Morgan fingerprint density at radius 2 is 0.858 bits per heavy atom. The van der Waals surface area contributed by atoms with Crippen LogP contribution in [0.3, 0.4) is 0 Å². The molecule has 20 nitrogen and oxygen atoms in total. The standard InChI is InChI=1S/C38H34Cl2FN3O3.C34H41Cl2FN2O4.C25H25Cl2FN2O3.C8H17NO2/c1-36(2)16-18-37(19-17-36)38(26-14-13-24(39)21-27(26)43-35(38)46)28(25-15-20-42-33(40)29(25)41)31-34(45)47-32(23-11-7-4-8-12-23)30(44(31)37)22-9-5-3-6-10-22;1-31(2)10-12-33(13-11-31)17-22(25(40)15-19-5-8-26(43-18-19)32(3,4)42)27(21-9-14-38-29(36)28(21)37)34(33)23-7-6-20(35)16-24(23)39-30(34)41;1-23(2)6-8-24(9-7-23)12-15(21(31)32)18(14-5-10-29-20(27)19(14)28)25(24)16-4-3-13(26)11-17(16)30-22(25)33;1-8(2,10)7-4-3-6(9)5-11-7/h3-15,20-21,28,30-32H,16-19H2,1-2H3,(H,43,46);6-7,9,14,16,19,22,26-27,42H,5,8,10-13,15,17-18H2,1-4H3,(H,39,41);3-5,10-11,15,18H,6-9,12H2,1-2H3,(H,30,33)(H,31,32);6-7,10H,3-5,9H2,1-2H3/t28-,30+,31+,32-,38-;19-,22-,26-,27-,34+;15-,18+,25?;6-,7+/m0011/s1. The highest BCUT2D eigenvalue weighted by molar-refractivity contribution is 6.33. The normalized spacial score (nSPS) is 30.2. The van der Waals surface area contributed by atoms with Crippen LogP contribution in [0.1, 0.15) is 266 Å². The Morgan fingerprint density at radius 3 is 1.26 bits per heavy atom. The number of ketones is 1. The van der Waals surface area contributed by atoms with E-state index in [-0.39, 0.29) is 109 Å². The van der Waals surface area contributed by atoms with Crippen molar-refractivity contribution in [2.75, 3.05) is 29.2 Å². The first-order chi connectivity index (χ1) is 63.3. The average Bonchev–Trinajstić information content (AvgIpc) is 1.48. The zero-order valence-corrected chi connectivity index (χ0v) is 81.5. The van der Waals surface area contributed by atoms with Crippen molar-refractivity contribution in [2.24, 2.45) is 50.6 Å². The summed E-state index contributed by atoms with van der Waals surface area (Å²) < 4.78 is 65.9. The van der Waals surface area contributed by atoms with Gasteiger partial charge in [-0.15, -0.1) is 0 Å². The number of amides is 3. The third kappa shape index (κ3) is 16.6. The summed E-state index contributed by atoms with van der Waals surface area (Å²) in [5, 5.41) is 40.1. The number of carboxylic acid groups (broad SMARTS) is 1. The number of halogens is 9. The highest BCUT2D eigenvalue weighted by atomic mass is 35.5. The number of hydrogen-bond acceptors (Lipinski definition) is 16. The summed E-state index contributed by atoms with van der Waals surface area (Å²) in [5.41, 5.74) is 4.49. The van der Waals surface area contributed by atoms with E-state index in [9.17, 15) is 39.3 Å². The first-order valence-electron chi connectivity index (χ1n) is 46.8. The predicted molar refractivity (Wildman–Crippen MR) is 511 cm³/mol. The van der Waals surface area contributed by atoms with E-state index in [1.165, 1.54) is 24.7 Å². The van der Waals surface area contributed by atoms with Gasteiger partial charge >= 0.3 is 11.9 Å². The van der Waals surface area contributed by atoms with Crippen LogP contribution in [0.5, 0.6) is 0 Å². The number of aromatic nitrogens is 3. The minimum Gasteiger partial charge on any atom is -0.481 e. The molecule has 3 aromatic heterocycles. The molecule has 9 fully saturated rings. The molecular weight excluding hydrogens is 1830 g/mol. The van der Waals surface area contributed by atoms with E-state index in [0.717, 1.165) is 87.3 Å². The molecule has 0 bridgehead atoms. The molecule has 7 aliphatic heterocycles. The van der Waals surface area contributed by atoms with Crippen LogP contribution in [0.25, 0.3) is 0 Å². The summed E-state index contributed by atoms with van der Waals surface area (Å²) in [7, 11) is 0. The van der Waals surface area contributed by atoms with E-state index >= 15 is 18.0 Å². The number of carbonyl (C=O) groups is 6. The number of nitrogens with one attached hydrogen (secondary N) is 3. The number of benzene rings is 5. The molecule has 20 rings (SSSR count). The number of ether oxygens (including phenoxy) is 3. The fourth-order valence-corrected chi connectivity index (χ4v) is 27.3. The number of cyclic esters (lactones) is 1. The number of carbonyl (C=O) groups excluding carboxylic acids is 5. The minimum atomic E-state index is -1.39. The highest BCUT2D eigenvalue weighted by Crippen LogP contribution is 2.76. The topological polar surface area (TPSA) is 295 Å². The number of fused-ring (bicyclic) bond motifs is 11. The van der Waals surface area contributed by atoms with Crippen LogP contribution in [0, 0.1) is 62.3 Å². The average molecular weight is 1950 g/mol. The van der Waals surface area contributed by atoms with Crippen molar-refractivity contribution in [2.45, 2.75) is 278 Å². The van der Waals surface area contributed by atoms with Gasteiger partial charge in [-0.3, -0.25) is 33.7 Å².